The number of phenols is 1. The largest absolute Gasteiger partial charge is 0.508 e. The van der Waals surface area contributed by atoms with E-state index in [1.54, 1.807) is 12.1 Å². The van der Waals surface area contributed by atoms with Crippen molar-refractivity contribution in [1.82, 2.24) is 4.72 Å². The molecule has 0 saturated heterocycles. The Hall–Kier alpha value is -1.60. The molecule has 1 unspecified atom stereocenters. The maximum atomic E-state index is 11.7. The van der Waals surface area contributed by atoms with Crippen LogP contribution in [0.15, 0.2) is 24.3 Å². The van der Waals surface area contributed by atoms with E-state index >= 15 is 0 Å². The minimum atomic E-state index is -3.60. The summed E-state index contributed by atoms with van der Waals surface area (Å²) in [7, 11) is -3.60. The minimum absolute atomic E-state index is 0.0287. The molecule has 1 atom stereocenters. The Balaban J connectivity index is 2.75. The number of carbonyl (C=O) groups is 1. The van der Waals surface area contributed by atoms with Crippen LogP contribution in [0.3, 0.4) is 0 Å². The lowest BCUT2D eigenvalue weighted by atomic mass is 10.1. The number of hydrogen-bond donors (Lipinski definition) is 3. The van der Waals surface area contributed by atoms with E-state index < -0.39 is 22.0 Å². The van der Waals surface area contributed by atoms with Crippen LogP contribution in [0.25, 0.3) is 0 Å². The Morgan fingerprint density at radius 3 is 2.40 bits per heavy atom. The van der Waals surface area contributed by atoms with Crippen molar-refractivity contribution in [2.24, 2.45) is 0 Å². The number of nitrogens with one attached hydrogen (secondary N) is 1. The zero-order valence-corrected chi connectivity index (χ0v) is 12.1. The number of benzene rings is 1. The maximum Gasteiger partial charge on any atom is 0.322 e. The highest BCUT2D eigenvalue weighted by molar-refractivity contribution is 7.89. The average molecular weight is 301 g/mol. The van der Waals surface area contributed by atoms with Gasteiger partial charge >= 0.3 is 5.97 Å². The summed E-state index contributed by atoms with van der Waals surface area (Å²) < 4.78 is 25.7. The molecule has 0 aliphatic heterocycles. The first kappa shape index (κ1) is 16.5. The number of rotatable bonds is 8. The van der Waals surface area contributed by atoms with Gasteiger partial charge in [-0.05, 0) is 30.5 Å². The number of sulfonamides is 1. The number of carboxylic acids is 1. The van der Waals surface area contributed by atoms with E-state index in [-0.39, 0.29) is 17.9 Å². The molecule has 1 aromatic carbocycles. The highest BCUT2D eigenvalue weighted by atomic mass is 32.2. The summed E-state index contributed by atoms with van der Waals surface area (Å²) in [5.41, 5.74) is 0.633. The number of carboxylic acid groups (broad SMARTS) is 1. The molecule has 6 nitrogen and oxygen atoms in total. The summed E-state index contributed by atoms with van der Waals surface area (Å²) in [6, 6.07) is 4.78. The topological polar surface area (TPSA) is 104 Å². The lowest BCUT2D eigenvalue weighted by molar-refractivity contribution is -0.138. The lowest BCUT2D eigenvalue weighted by Crippen LogP contribution is -2.43. The van der Waals surface area contributed by atoms with Crippen molar-refractivity contribution < 1.29 is 23.4 Å². The van der Waals surface area contributed by atoms with Crippen LogP contribution in [0.2, 0.25) is 0 Å². The van der Waals surface area contributed by atoms with Gasteiger partial charge < -0.3 is 10.2 Å². The number of unbranched alkanes of at least 4 members (excludes halogenated alkanes) is 1. The molecule has 0 saturated carbocycles. The van der Waals surface area contributed by atoms with Crippen LogP contribution in [0, 0.1) is 0 Å². The van der Waals surface area contributed by atoms with Gasteiger partial charge in [0.25, 0.3) is 0 Å². The molecule has 0 aliphatic carbocycles. The van der Waals surface area contributed by atoms with Crippen molar-refractivity contribution in [2.45, 2.75) is 32.2 Å². The molecule has 0 bridgehead atoms. The third-order valence-corrected chi connectivity index (χ3v) is 4.23. The molecule has 0 aliphatic rings. The highest BCUT2D eigenvalue weighted by Gasteiger charge is 2.23. The second kappa shape index (κ2) is 7.25. The monoisotopic (exact) mass is 301 g/mol. The van der Waals surface area contributed by atoms with E-state index in [0.717, 1.165) is 6.42 Å². The van der Waals surface area contributed by atoms with E-state index in [9.17, 15) is 13.2 Å². The van der Waals surface area contributed by atoms with Gasteiger partial charge in [0.2, 0.25) is 10.0 Å². The van der Waals surface area contributed by atoms with Crippen LogP contribution in [0.1, 0.15) is 25.3 Å². The van der Waals surface area contributed by atoms with Crippen LogP contribution in [0.5, 0.6) is 5.75 Å². The van der Waals surface area contributed by atoms with Gasteiger partial charge in [-0.2, -0.15) is 0 Å². The van der Waals surface area contributed by atoms with Gasteiger partial charge in [0.15, 0.2) is 0 Å². The third kappa shape index (κ3) is 5.58. The SMILES string of the molecule is CCCCS(=O)(=O)NC(Cc1ccc(O)cc1)C(=O)O. The molecule has 7 heteroatoms. The van der Waals surface area contributed by atoms with E-state index in [4.69, 9.17) is 10.2 Å². The molecule has 112 valence electrons. The van der Waals surface area contributed by atoms with Crippen molar-refractivity contribution in [3.8, 4) is 5.75 Å². The fourth-order valence-corrected chi connectivity index (χ4v) is 3.06. The number of aromatic hydroxyl groups is 1. The second-order valence-corrected chi connectivity index (χ2v) is 6.43. The summed E-state index contributed by atoms with van der Waals surface area (Å²) in [6.45, 7) is 1.86. The molecule has 20 heavy (non-hydrogen) atoms. The lowest BCUT2D eigenvalue weighted by Gasteiger charge is -2.14. The zero-order chi connectivity index (χ0) is 15.2. The molecule has 0 amide bonds. The minimum Gasteiger partial charge on any atom is -0.508 e. The van der Waals surface area contributed by atoms with Crippen molar-refractivity contribution in [3.05, 3.63) is 29.8 Å². The quantitative estimate of drug-likeness (QED) is 0.667. The van der Waals surface area contributed by atoms with Gasteiger partial charge in [0.1, 0.15) is 11.8 Å². The highest BCUT2D eigenvalue weighted by Crippen LogP contribution is 2.12. The van der Waals surface area contributed by atoms with E-state index in [2.05, 4.69) is 4.72 Å². The normalized spacial score (nSPS) is 13.1. The summed E-state index contributed by atoms with van der Waals surface area (Å²) in [4.78, 5) is 11.1. The van der Waals surface area contributed by atoms with Crippen LogP contribution < -0.4 is 4.72 Å². The van der Waals surface area contributed by atoms with Gasteiger partial charge in [-0.1, -0.05) is 25.5 Å². The predicted molar refractivity (Wildman–Crippen MR) is 75.1 cm³/mol. The fraction of sp³-hybridized carbons (Fsp3) is 0.462. The third-order valence-electron chi connectivity index (χ3n) is 2.76. The van der Waals surface area contributed by atoms with Gasteiger partial charge in [0, 0.05) is 0 Å². The molecule has 1 aromatic rings. The Morgan fingerprint density at radius 1 is 1.30 bits per heavy atom. The summed E-state index contributed by atoms with van der Waals surface area (Å²) in [5, 5.41) is 18.3. The van der Waals surface area contributed by atoms with Crippen LogP contribution >= 0.6 is 0 Å². The van der Waals surface area contributed by atoms with Crippen LogP contribution in [-0.2, 0) is 21.2 Å². The van der Waals surface area contributed by atoms with Gasteiger partial charge in [-0.25, -0.2) is 13.1 Å². The Bertz CT molecular complexity index is 538. The molecule has 0 spiro atoms. The first-order chi connectivity index (χ1) is 9.34. The van der Waals surface area contributed by atoms with Crippen LogP contribution in [-0.4, -0.2) is 36.4 Å². The molecule has 0 fully saturated rings. The number of phenolic OH excluding ortho intramolecular Hbond substituents is 1. The van der Waals surface area contributed by atoms with Crippen LogP contribution in [0.4, 0.5) is 0 Å². The molecule has 3 N–H and O–H groups in total. The standard InChI is InChI=1S/C13H19NO5S/c1-2-3-8-20(18,19)14-12(13(16)17)9-10-4-6-11(15)7-5-10/h4-7,12,14-15H,2-3,8-9H2,1H3,(H,16,17). The van der Waals surface area contributed by atoms with Gasteiger partial charge in [-0.3, -0.25) is 4.79 Å². The van der Waals surface area contributed by atoms with E-state index in [1.165, 1.54) is 12.1 Å². The van der Waals surface area contributed by atoms with Crippen molar-refractivity contribution in [2.75, 3.05) is 5.75 Å². The number of hydrogen-bond acceptors (Lipinski definition) is 4. The van der Waals surface area contributed by atoms with E-state index in [1.807, 2.05) is 6.92 Å². The number of aliphatic carboxylic acids is 1. The summed E-state index contributed by atoms with van der Waals surface area (Å²) >= 11 is 0. The predicted octanol–water partition coefficient (Wildman–Crippen LogP) is 1.11. The van der Waals surface area contributed by atoms with Gasteiger partial charge in [-0.15, -0.1) is 0 Å². The van der Waals surface area contributed by atoms with Crippen molar-refractivity contribution in [3.63, 3.8) is 0 Å². The second-order valence-electron chi connectivity index (χ2n) is 4.55. The fourth-order valence-electron chi connectivity index (χ4n) is 1.66. The molecule has 0 heterocycles. The molecular weight excluding hydrogens is 282 g/mol. The Morgan fingerprint density at radius 2 is 1.90 bits per heavy atom. The van der Waals surface area contributed by atoms with Crippen molar-refractivity contribution in [1.29, 1.82) is 0 Å². The first-order valence-corrected chi connectivity index (χ1v) is 8.00. The maximum absolute atomic E-state index is 11.7. The molecular formula is C13H19NO5S. The van der Waals surface area contributed by atoms with Gasteiger partial charge in [0.05, 0.1) is 5.75 Å². The van der Waals surface area contributed by atoms with Crippen molar-refractivity contribution >= 4 is 16.0 Å². The first-order valence-electron chi connectivity index (χ1n) is 6.35. The molecule has 1 rings (SSSR count). The Kier molecular flexibility index (Phi) is 5.97. The van der Waals surface area contributed by atoms with E-state index in [0.29, 0.717) is 12.0 Å². The molecule has 0 aromatic heterocycles. The Labute approximate surface area is 118 Å². The summed E-state index contributed by atoms with van der Waals surface area (Å²) in [5.74, 6) is -1.23. The smallest absolute Gasteiger partial charge is 0.322 e. The molecule has 0 radical (unpaired) electrons. The zero-order valence-electron chi connectivity index (χ0n) is 11.2. The summed E-state index contributed by atoms with van der Waals surface area (Å²) in [6.07, 6.45) is 1.23. The average Bonchev–Trinajstić information content (AvgIpc) is 2.38.